The SMILES string of the molecule is CCN(CC(F)(F)F)C(=O)COCCOc1ccccc1. The van der Waals surface area contributed by atoms with Gasteiger partial charge in [-0.05, 0) is 19.1 Å². The van der Waals surface area contributed by atoms with Crippen LogP contribution in [-0.2, 0) is 9.53 Å². The zero-order valence-electron chi connectivity index (χ0n) is 11.7. The third kappa shape index (κ3) is 7.55. The molecule has 0 bridgehead atoms. The average molecular weight is 305 g/mol. The van der Waals surface area contributed by atoms with E-state index in [1.807, 2.05) is 18.2 Å². The number of alkyl halides is 3. The molecule has 1 aromatic carbocycles. The molecule has 0 heterocycles. The molecular weight excluding hydrogens is 287 g/mol. The first kappa shape index (κ1) is 17.3. The summed E-state index contributed by atoms with van der Waals surface area (Å²) in [4.78, 5) is 12.3. The van der Waals surface area contributed by atoms with E-state index in [1.165, 1.54) is 6.92 Å². The third-order valence-electron chi connectivity index (χ3n) is 2.57. The molecule has 1 rings (SSSR count). The molecule has 0 saturated carbocycles. The van der Waals surface area contributed by atoms with Gasteiger partial charge in [-0.2, -0.15) is 13.2 Å². The predicted octanol–water partition coefficient (Wildman–Crippen LogP) is 2.49. The minimum atomic E-state index is -4.40. The fourth-order valence-electron chi connectivity index (χ4n) is 1.58. The van der Waals surface area contributed by atoms with Crippen LogP contribution in [0, 0.1) is 0 Å². The molecule has 1 aromatic rings. The van der Waals surface area contributed by atoms with Gasteiger partial charge in [0.25, 0.3) is 0 Å². The van der Waals surface area contributed by atoms with Crippen LogP contribution in [0.25, 0.3) is 0 Å². The Morgan fingerprint density at radius 3 is 2.43 bits per heavy atom. The second-order valence-electron chi connectivity index (χ2n) is 4.24. The molecule has 1 amide bonds. The Morgan fingerprint density at radius 2 is 1.86 bits per heavy atom. The van der Waals surface area contributed by atoms with Crippen molar-refractivity contribution in [1.29, 1.82) is 0 Å². The van der Waals surface area contributed by atoms with E-state index in [9.17, 15) is 18.0 Å². The maximum Gasteiger partial charge on any atom is 0.406 e. The lowest BCUT2D eigenvalue weighted by Crippen LogP contribution is -2.40. The average Bonchev–Trinajstić information content (AvgIpc) is 2.44. The highest BCUT2D eigenvalue weighted by atomic mass is 19.4. The van der Waals surface area contributed by atoms with Crippen molar-refractivity contribution in [2.75, 3.05) is 32.9 Å². The van der Waals surface area contributed by atoms with Crippen molar-refractivity contribution in [1.82, 2.24) is 4.90 Å². The van der Waals surface area contributed by atoms with Gasteiger partial charge in [0.15, 0.2) is 0 Å². The van der Waals surface area contributed by atoms with E-state index in [0.29, 0.717) is 10.6 Å². The summed E-state index contributed by atoms with van der Waals surface area (Å²) in [5.41, 5.74) is 0. The molecule has 0 N–H and O–H groups in total. The lowest BCUT2D eigenvalue weighted by Gasteiger charge is -2.22. The largest absolute Gasteiger partial charge is 0.491 e. The van der Waals surface area contributed by atoms with Crippen LogP contribution >= 0.6 is 0 Å². The molecular formula is C14H18F3NO3. The van der Waals surface area contributed by atoms with Gasteiger partial charge in [0.05, 0.1) is 6.61 Å². The second-order valence-corrected chi connectivity index (χ2v) is 4.24. The first-order chi connectivity index (χ1) is 9.92. The topological polar surface area (TPSA) is 38.8 Å². The maximum atomic E-state index is 12.2. The molecule has 0 aliphatic rings. The predicted molar refractivity (Wildman–Crippen MR) is 71.1 cm³/mol. The van der Waals surface area contributed by atoms with E-state index in [1.54, 1.807) is 12.1 Å². The summed E-state index contributed by atoms with van der Waals surface area (Å²) in [7, 11) is 0. The molecule has 0 aliphatic heterocycles. The van der Waals surface area contributed by atoms with Crippen molar-refractivity contribution in [3.8, 4) is 5.75 Å². The normalized spacial score (nSPS) is 11.2. The molecule has 0 fully saturated rings. The van der Waals surface area contributed by atoms with Crippen molar-refractivity contribution in [3.05, 3.63) is 30.3 Å². The van der Waals surface area contributed by atoms with E-state index in [-0.39, 0.29) is 26.4 Å². The molecule has 0 saturated heterocycles. The highest BCUT2D eigenvalue weighted by Crippen LogP contribution is 2.16. The molecule has 0 aliphatic carbocycles. The summed E-state index contributed by atoms with van der Waals surface area (Å²) in [6.45, 7) is 0.186. The number of rotatable bonds is 8. The number of hydrogen-bond acceptors (Lipinski definition) is 3. The van der Waals surface area contributed by atoms with Crippen molar-refractivity contribution in [2.24, 2.45) is 0 Å². The fraction of sp³-hybridized carbons (Fsp3) is 0.500. The van der Waals surface area contributed by atoms with Crippen LogP contribution in [-0.4, -0.2) is 49.9 Å². The molecule has 0 spiro atoms. The Labute approximate surface area is 121 Å². The number of amides is 1. The maximum absolute atomic E-state index is 12.2. The monoisotopic (exact) mass is 305 g/mol. The smallest absolute Gasteiger partial charge is 0.406 e. The van der Waals surface area contributed by atoms with Gasteiger partial charge in [-0.25, -0.2) is 0 Å². The highest BCUT2D eigenvalue weighted by Gasteiger charge is 2.32. The molecule has 0 atom stereocenters. The third-order valence-corrected chi connectivity index (χ3v) is 2.57. The van der Waals surface area contributed by atoms with Crippen LogP contribution < -0.4 is 4.74 Å². The minimum absolute atomic E-state index is 0.0117. The number of halogens is 3. The summed E-state index contributed by atoms with van der Waals surface area (Å²) in [6.07, 6.45) is -4.40. The number of likely N-dealkylation sites (N-methyl/N-ethyl adjacent to an activating group) is 1. The van der Waals surface area contributed by atoms with Gasteiger partial charge in [0.2, 0.25) is 5.91 Å². The first-order valence-corrected chi connectivity index (χ1v) is 6.52. The Morgan fingerprint density at radius 1 is 1.19 bits per heavy atom. The van der Waals surface area contributed by atoms with Crippen LogP contribution in [0.15, 0.2) is 30.3 Å². The van der Waals surface area contributed by atoms with Gasteiger partial charge in [0.1, 0.15) is 25.5 Å². The fourth-order valence-corrected chi connectivity index (χ4v) is 1.58. The van der Waals surface area contributed by atoms with E-state index < -0.39 is 18.6 Å². The lowest BCUT2D eigenvalue weighted by atomic mass is 10.3. The number of nitrogens with zero attached hydrogens (tertiary/aromatic N) is 1. The number of hydrogen-bond donors (Lipinski definition) is 0. The van der Waals surface area contributed by atoms with Crippen LogP contribution in [0.3, 0.4) is 0 Å². The Hall–Kier alpha value is -1.76. The van der Waals surface area contributed by atoms with Gasteiger partial charge in [0, 0.05) is 6.54 Å². The summed E-state index contributed by atoms with van der Waals surface area (Å²) >= 11 is 0. The van der Waals surface area contributed by atoms with Gasteiger partial charge in [-0.15, -0.1) is 0 Å². The van der Waals surface area contributed by atoms with E-state index in [2.05, 4.69) is 0 Å². The van der Waals surface area contributed by atoms with Crippen LogP contribution in [0.5, 0.6) is 5.75 Å². The molecule has 4 nitrogen and oxygen atoms in total. The number of carbonyl (C=O) groups is 1. The van der Waals surface area contributed by atoms with E-state index in [0.717, 1.165) is 0 Å². The first-order valence-electron chi connectivity index (χ1n) is 6.52. The summed E-state index contributed by atoms with van der Waals surface area (Å²) in [5, 5.41) is 0. The van der Waals surface area contributed by atoms with Crippen molar-refractivity contribution < 1.29 is 27.4 Å². The Balaban J connectivity index is 2.20. The van der Waals surface area contributed by atoms with E-state index >= 15 is 0 Å². The number of carbonyl (C=O) groups excluding carboxylic acids is 1. The molecule has 0 unspecified atom stereocenters. The number of benzene rings is 1. The van der Waals surface area contributed by atoms with Crippen molar-refractivity contribution >= 4 is 5.91 Å². The van der Waals surface area contributed by atoms with Gasteiger partial charge in [-0.3, -0.25) is 4.79 Å². The van der Waals surface area contributed by atoms with Crippen LogP contribution in [0.4, 0.5) is 13.2 Å². The zero-order chi connectivity index (χ0) is 15.7. The molecule has 118 valence electrons. The minimum Gasteiger partial charge on any atom is -0.491 e. The Bertz CT molecular complexity index is 423. The molecule has 0 aromatic heterocycles. The molecule has 7 heteroatoms. The summed E-state index contributed by atoms with van der Waals surface area (Å²) < 4.78 is 47.0. The number of para-hydroxylation sites is 1. The van der Waals surface area contributed by atoms with Crippen molar-refractivity contribution in [2.45, 2.75) is 13.1 Å². The standard InChI is InChI=1S/C14H18F3NO3/c1-2-18(11-14(15,16)17)13(19)10-20-8-9-21-12-6-4-3-5-7-12/h3-7H,2,8-11H2,1H3. The van der Waals surface area contributed by atoms with Gasteiger partial charge < -0.3 is 14.4 Å². The lowest BCUT2D eigenvalue weighted by molar-refractivity contribution is -0.163. The quantitative estimate of drug-likeness (QED) is 0.693. The van der Waals surface area contributed by atoms with Gasteiger partial charge in [-0.1, -0.05) is 18.2 Å². The second kappa shape index (κ2) is 8.51. The van der Waals surface area contributed by atoms with Gasteiger partial charge >= 0.3 is 6.18 Å². The summed E-state index contributed by atoms with van der Waals surface area (Å²) in [6, 6.07) is 9.02. The number of ether oxygens (including phenoxy) is 2. The molecule has 0 radical (unpaired) electrons. The van der Waals surface area contributed by atoms with Crippen molar-refractivity contribution in [3.63, 3.8) is 0 Å². The summed E-state index contributed by atoms with van der Waals surface area (Å²) in [5.74, 6) is -0.0192. The van der Waals surface area contributed by atoms with Crippen LogP contribution in [0.1, 0.15) is 6.92 Å². The molecule has 21 heavy (non-hydrogen) atoms. The van der Waals surface area contributed by atoms with E-state index in [4.69, 9.17) is 9.47 Å². The highest BCUT2D eigenvalue weighted by molar-refractivity contribution is 5.77. The van der Waals surface area contributed by atoms with Crippen LogP contribution in [0.2, 0.25) is 0 Å². The zero-order valence-corrected chi connectivity index (χ0v) is 11.7. The Kier molecular flexibility index (Phi) is 7.01.